The molecule has 0 aliphatic carbocycles. The zero-order valence-electron chi connectivity index (χ0n) is 8.94. The van der Waals surface area contributed by atoms with Gasteiger partial charge in [0.15, 0.2) is 0 Å². The summed E-state index contributed by atoms with van der Waals surface area (Å²) >= 11 is 0. The van der Waals surface area contributed by atoms with Gasteiger partial charge in [-0.1, -0.05) is 0 Å². The minimum Gasteiger partial charge on any atom is -0.379 e. The maximum absolute atomic E-state index is 12.7. The van der Waals surface area contributed by atoms with Crippen LogP contribution in [0.5, 0.6) is 0 Å². The molecule has 4 heteroatoms. The van der Waals surface area contributed by atoms with Crippen molar-refractivity contribution in [2.45, 2.75) is 13.5 Å². The standard InChI is InChI=1S/C12H12FN3/c1-9-14-7-6-12(16-9)8-15-11-4-2-10(13)3-5-11/h2-7,15H,8H2,1H3. The fraction of sp³-hybridized carbons (Fsp3) is 0.167. The second-order valence-corrected chi connectivity index (χ2v) is 3.46. The molecule has 16 heavy (non-hydrogen) atoms. The smallest absolute Gasteiger partial charge is 0.125 e. The Balaban J connectivity index is 1.99. The number of halogens is 1. The topological polar surface area (TPSA) is 37.8 Å². The first-order valence-electron chi connectivity index (χ1n) is 5.02. The molecule has 0 atom stereocenters. The molecule has 0 spiro atoms. The Bertz CT molecular complexity index is 468. The first-order chi connectivity index (χ1) is 7.74. The number of rotatable bonds is 3. The molecule has 1 aromatic heterocycles. The van der Waals surface area contributed by atoms with Gasteiger partial charge in [-0.25, -0.2) is 14.4 Å². The van der Waals surface area contributed by atoms with Gasteiger partial charge in [0.25, 0.3) is 0 Å². The lowest BCUT2D eigenvalue weighted by Gasteiger charge is -2.05. The van der Waals surface area contributed by atoms with E-state index < -0.39 is 0 Å². The van der Waals surface area contributed by atoms with E-state index in [2.05, 4.69) is 15.3 Å². The summed E-state index contributed by atoms with van der Waals surface area (Å²) < 4.78 is 12.7. The Hall–Kier alpha value is -1.97. The van der Waals surface area contributed by atoms with Crippen molar-refractivity contribution >= 4 is 5.69 Å². The van der Waals surface area contributed by atoms with Crippen molar-refractivity contribution < 1.29 is 4.39 Å². The van der Waals surface area contributed by atoms with Crippen molar-refractivity contribution in [3.8, 4) is 0 Å². The Morgan fingerprint density at radius 3 is 2.62 bits per heavy atom. The summed E-state index contributed by atoms with van der Waals surface area (Å²) in [5, 5.41) is 3.16. The lowest BCUT2D eigenvalue weighted by Crippen LogP contribution is -2.03. The molecule has 3 nitrogen and oxygen atoms in total. The predicted octanol–water partition coefficient (Wildman–Crippen LogP) is 2.54. The van der Waals surface area contributed by atoms with Gasteiger partial charge in [-0.05, 0) is 37.3 Å². The molecule has 1 heterocycles. The number of hydrogen-bond donors (Lipinski definition) is 1. The van der Waals surface area contributed by atoms with Gasteiger partial charge in [-0.15, -0.1) is 0 Å². The number of aromatic nitrogens is 2. The normalized spacial score (nSPS) is 10.1. The van der Waals surface area contributed by atoms with Gasteiger partial charge in [-0.2, -0.15) is 0 Å². The summed E-state index contributed by atoms with van der Waals surface area (Å²) in [7, 11) is 0. The van der Waals surface area contributed by atoms with Crippen LogP contribution in [0.15, 0.2) is 36.5 Å². The lowest BCUT2D eigenvalue weighted by molar-refractivity contribution is 0.628. The number of anilines is 1. The van der Waals surface area contributed by atoms with Crippen LogP contribution in [0.4, 0.5) is 10.1 Å². The molecule has 0 bridgehead atoms. The van der Waals surface area contributed by atoms with Gasteiger partial charge in [0.1, 0.15) is 11.6 Å². The highest BCUT2D eigenvalue weighted by Crippen LogP contribution is 2.09. The molecular weight excluding hydrogens is 205 g/mol. The summed E-state index contributed by atoms with van der Waals surface area (Å²) in [6, 6.07) is 8.09. The molecule has 0 amide bonds. The molecule has 0 fully saturated rings. The van der Waals surface area contributed by atoms with Crippen molar-refractivity contribution in [3.63, 3.8) is 0 Å². The van der Waals surface area contributed by atoms with Crippen LogP contribution in [-0.2, 0) is 6.54 Å². The number of hydrogen-bond acceptors (Lipinski definition) is 3. The van der Waals surface area contributed by atoms with E-state index in [9.17, 15) is 4.39 Å². The number of benzene rings is 1. The molecular formula is C12H12FN3. The van der Waals surface area contributed by atoms with E-state index in [-0.39, 0.29) is 5.82 Å². The highest BCUT2D eigenvalue weighted by Gasteiger charge is 1.96. The van der Waals surface area contributed by atoms with Crippen molar-refractivity contribution in [2.75, 3.05) is 5.32 Å². The van der Waals surface area contributed by atoms with Crippen molar-refractivity contribution in [3.05, 3.63) is 53.9 Å². The molecule has 0 aliphatic heterocycles. The quantitative estimate of drug-likeness (QED) is 0.858. The van der Waals surface area contributed by atoms with Crippen molar-refractivity contribution in [2.24, 2.45) is 0 Å². The maximum Gasteiger partial charge on any atom is 0.125 e. The van der Waals surface area contributed by atoms with Crippen LogP contribution in [0.1, 0.15) is 11.5 Å². The highest BCUT2D eigenvalue weighted by molar-refractivity contribution is 5.42. The van der Waals surface area contributed by atoms with Crippen LogP contribution in [-0.4, -0.2) is 9.97 Å². The number of nitrogens with zero attached hydrogens (tertiary/aromatic N) is 2. The van der Waals surface area contributed by atoms with E-state index in [0.29, 0.717) is 6.54 Å². The van der Waals surface area contributed by atoms with Crippen LogP contribution < -0.4 is 5.32 Å². The van der Waals surface area contributed by atoms with Crippen LogP contribution in [0, 0.1) is 12.7 Å². The average Bonchev–Trinajstić information content (AvgIpc) is 2.28. The largest absolute Gasteiger partial charge is 0.379 e. The Kier molecular flexibility index (Phi) is 3.10. The SMILES string of the molecule is Cc1nccc(CNc2ccc(F)cc2)n1. The predicted molar refractivity (Wildman–Crippen MR) is 60.5 cm³/mol. The Labute approximate surface area is 93.4 Å². The number of nitrogens with one attached hydrogen (secondary N) is 1. The summed E-state index contributed by atoms with van der Waals surface area (Å²) in [6.07, 6.45) is 1.73. The van der Waals surface area contributed by atoms with Crippen LogP contribution >= 0.6 is 0 Å². The minimum atomic E-state index is -0.233. The molecule has 2 rings (SSSR count). The van der Waals surface area contributed by atoms with Gasteiger partial charge >= 0.3 is 0 Å². The van der Waals surface area contributed by atoms with E-state index in [4.69, 9.17) is 0 Å². The Morgan fingerprint density at radius 1 is 1.19 bits per heavy atom. The van der Waals surface area contributed by atoms with Gasteiger partial charge in [0.2, 0.25) is 0 Å². The zero-order valence-corrected chi connectivity index (χ0v) is 8.94. The van der Waals surface area contributed by atoms with E-state index in [0.717, 1.165) is 17.2 Å². The second kappa shape index (κ2) is 4.70. The van der Waals surface area contributed by atoms with E-state index in [1.807, 2.05) is 13.0 Å². The van der Waals surface area contributed by atoms with E-state index >= 15 is 0 Å². The van der Waals surface area contributed by atoms with Crippen molar-refractivity contribution in [1.29, 1.82) is 0 Å². The zero-order chi connectivity index (χ0) is 11.4. The van der Waals surface area contributed by atoms with Gasteiger partial charge in [0, 0.05) is 11.9 Å². The summed E-state index contributed by atoms with van der Waals surface area (Å²) in [5.41, 5.74) is 1.79. The number of aryl methyl sites for hydroxylation is 1. The van der Waals surface area contributed by atoms with Gasteiger partial charge < -0.3 is 5.32 Å². The summed E-state index contributed by atoms with van der Waals surface area (Å²) in [5.74, 6) is 0.516. The molecule has 0 saturated heterocycles. The first kappa shape index (κ1) is 10.5. The summed E-state index contributed by atoms with van der Waals surface area (Å²) in [4.78, 5) is 8.28. The van der Waals surface area contributed by atoms with Crippen LogP contribution in [0.2, 0.25) is 0 Å². The summed E-state index contributed by atoms with van der Waals surface area (Å²) in [6.45, 7) is 2.45. The molecule has 2 aromatic rings. The van der Waals surface area contributed by atoms with Crippen LogP contribution in [0.25, 0.3) is 0 Å². The average molecular weight is 217 g/mol. The Morgan fingerprint density at radius 2 is 1.94 bits per heavy atom. The highest BCUT2D eigenvalue weighted by atomic mass is 19.1. The van der Waals surface area contributed by atoms with E-state index in [1.165, 1.54) is 12.1 Å². The first-order valence-corrected chi connectivity index (χ1v) is 5.02. The van der Waals surface area contributed by atoms with Crippen LogP contribution in [0.3, 0.4) is 0 Å². The van der Waals surface area contributed by atoms with Gasteiger partial charge in [-0.3, -0.25) is 0 Å². The maximum atomic E-state index is 12.7. The third-order valence-corrected chi connectivity index (χ3v) is 2.15. The van der Waals surface area contributed by atoms with Gasteiger partial charge in [0.05, 0.1) is 12.2 Å². The molecule has 1 aromatic carbocycles. The second-order valence-electron chi connectivity index (χ2n) is 3.46. The fourth-order valence-corrected chi connectivity index (χ4v) is 1.36. The fourth-order valence-electron chi connectivity index (χ4n) is 1.36. The molecule has 0 unspecified atom stereocenters. The third kappa shape index (κ3) is 2.76. The molecule has 0 saturated carbocycles. The molecule has 0 radical (unpaired) electrons. The van der Waals surface area contributed by atoms with Crippen molar-refractivity contribution in [1.82, 2.24) is 9.97 Å². The third-order valence-electron chi connectivity index (χ3n) is 2.15. The molecule has 1 N–H and O–H groups in total. The monoisotopic (exact) mass is 217 g/mol. The molecule has 82 valence electrons. The van der Waals surface area contributed by atoms with E-state index in [1.54, 1.807) is 18.3 Å². The lowest BCUT2D eigenvalue weighted by atomic mass is 10.3. The minimum absolute atomic E-state index is 0.233. The molecule has 0 aliphatic rings.